The zero-order valence-electron chi connectivity index (χ0n) is 19.0. The van der Waals surface area contributed by atoms with Crippen LogP contribution in [0.3, 0.4) is 0 Å². The number of alkyl halides is 3. The molecule has 2 aliphatic rings. The number of aliphatic hydroxyl groups is 1. The molecule has 1 saturated heterocycles. The molecule has 0 spiro atoms. The van der Waals surface area contributed by atoms with E-state index < -0.39 is 30.0 Å². The van der Waals surface area contributed by atoms with E-state index in [-0.39, 0.29) is 36.2 Å². The number of benzene rings is 1. The number of β-amino-alcohol motifs (C(OH)–C–C–N with tert-alkyl or cyclic N) is 1. The van der Waals surface area contributed by atoms with E-state index in [1.54, 1.807) is 12.1 Å². The normalized spacial score (nSPS) is 25.6. The van der Waals surface area contributed by atoms with Gasteiger partial charge in [0.05, 0.1) is 19.9 Å². The summed E-state index contributed by atoms with van der Waals surface area (Å²) in [5.41, 5.74) is -2.37. The van der Waals surface area contributed by atoms with Gasteiger partial charge in [-0.25, -0.2) is 0 Å². The highest BCUT2D eigenvalue weighted by molar-refractivity contribution is 6.97. The average Bonchev–Trinajstić information content (AvgIpc) is 3.52. The predicted octanol–water partition coefficient (Wildman–Crippen LogP) is 0.335. The standard InChI is InChI=1S/C21H25B2F3N4O4/c1-11(2)17(15-9-16(23-22)28-33-15)19(32)30-10-13(31)8-14(30)18-27-20(34-29-18,21(24,25)26)12-6-4-3-5-7-12/h3-7,9,11,13-14,17,23,31H,8,10,22H2,1-2H3,(H,27,29). The van der Waals surface area contributed by atoms with E-state index in [0.29, 0.717) is 18.5 Å². The van der Waals surface area contributed by atoms with E-state index in [2.05, 4.69) is 15.6 Å². The van der Waals surface area contributed by atoms with Gasteiger partial charge < -0.3 is 24.7 Å². The minimum Gasteiger partial charge on any atom is -0.391 e. The van der Waals surface area contributed by atoms with Gasteiger partial charge in [-0.1, -0.05) is 54.5 Å². The van der Waals surface area contributed by atoms with Gasteiger partial charge in [0.2, 0.25) is 5.91 Å². The molecule has 1 aromatic heterocycles. The topological polar surface area (TPSA) is 100 Å². The fourth-order valence-electron chi connectivity index (χ4n) is 4.44. The molecule has 1 fully saturated rings. The number of aromatic nitrogens is 1. The van der Waals surface area contributed by atoms with Gasteiger partial charge in [0.25, 0.3) is 0 Å². The molecule has 0 bridgehead atoms. The van der Waals surface area contributed by atoms with Crippen LogP contribution in [-0.2, 0) is 15.4 Å². The number of rotatable bonds is 6. The Morgan fingerprint density at radius 2 is 2.06 bits per heavy atom. The highest BCUT2D eigenvalue weighted by Crippen LogP contribution is 2.43. The SMILES string of the molecule is BBc1cc(C(C(=O)N2CC(O)CC2C2=NOC(c3ccccc3)(C(F)(F)F)N2)C(C)C)on1. The van der Waals surface area contributed by atoms with Crippen molar-refractivity contribution in [2.75, 3.05) is 6.54 Å². The van der Waals surface area contributed by atoms with Crippen LogP contribution in [0, 0.1) is 5.92 Å². The lowest BCUT2D eigenvalue weighted by atomic mass is 9.53. The quantitative estimate of drug-likeness (QED) is 0.584. The van der Waals surface area contributed by atoms with Gasteiger partial charge >= 0.3 is 11.9 Å². The van der Waals surface area contributed by atoms with Gasteiger partial charge in [-0.15, -0.1) is 0 Å². The van der Waals surface area contributed by atoms with E-state index in [1.165, 1.54) is 29.2 Å². The van der Waals surface area contributed by atoms with Crippen LogP contribution in [-0.4, -0.2) is 66.7 Å². The van der Waals surface area contributed by atoms with Crippen LogP contribution in [0.4, 0.5) is 13.2 Å². The van der Waals surface area contributed by atoms with Crippen molar-refractivity contribution in [3.05, 3.63) is 47.7 Å². The number of aliphatic hydroxyl groups excluding tert-OH is 1. The molecule has 2 N–H and O–H groups in total. The first-order valence-electron chi connectivity index (χ1n) is 11.2. The first-order valence-corrected chi connectivity index (χ1v) is 11.2. The number of amidine groups is 1. The van der Waals surface area contributed by atoms with Gasteiger partial charge in [-0.2, -0.15) is 13.2 Å². The molecule has 4 rings (SSSR count). The highest BCUT2D eigenvalue weighted by Gasteiger charge is 2.64. The molecule has 180 valence electrons. The number of carbonyl (C=O) groups is 1. The van der Waals surface area contributed by atoms with Crippen LogP contribution in [0.15, 0.2) is 46.1 Å². The number of nitrogens with one attached hydrogen (secondary N) is 1. The highest BCUT2D eigenvalue weighted by atomic mass is 19.4. The first kappa shape index (κ1) is 24.2. The van der Waals surface area contributed by atoms with E-state index >= 15 is 0 Å². The molecule has 13 heteroatoms. The molecular formula is C21H25B2F3N4O4. The number of oxime groups is 1. The van der Waals surface area contributed by atoms with Gasteiger partial charge in [0.1, 0.15) is 18.8 Å². The summed E-state index contributed by atoms with van der Waals surface area (Å²) in [5, 5.41) is 20.4. The summed E-state index contributed by atoms with van der Waals surface area (Å²) < 4.78 is 47.9. The van der Waals surface area contributed by atoms with E-state index in [1.807, 2.05) is 21.6 Å². The van der Waals surface area contributed by atoms with Crippen LogP contribution in [0.25, 0.3) is 0 Å². The summed E-state index contributed by atoms with van der Waals surface area (Å²) in [7, 11) is 2.54. The minimum absolute atomic E-state index is 0.0189. The third-order valence-corrected chi connectivity index (χ3v) is 6.22. The molecule has 4 unspecified atom stereocenters. The zero-order chi connectivity index (χ0) is 24.7. The fourth-order valence-corrected chi connectivity index (χ4v) is 4.44. The predicted molar refractivity (Wildman–Crippen MR) is 121 cm³/mol. The molecule has 34 heavy (non-hydrogen) atoms. The Balaban J connectivity index is 1.63. The van der Waals surface area contributed by atoms with Crippen molar-refractivity contribution < 1.29 is 32.4 Å². The van der Waals surface area contributed by atoms with Gasteiger partial charge in [0, 0.05) is 24.1 Å². The van der Waals surface area contributed by atoms with Crippen LogP contribution in [0.1, 0.15) is 37.5 Å². The van der Waals surface area contributed by atoms with Crippen molar-refractivity contribution >= 4 is 32.2 Å². The molecule has 4 atom stereocenters. The first-order chi connectivity index (χ1) is 16.1. The smallest absolute Gasteiger partial charge is 0.391 e. The number of carbonyl (C=O) groups excluding carboxylic acids is 1. The molecule has 8 nitrogen and oxygen atoms in total. The summed E-state index contributed by atoms with van der Waals surface area (Å²) in [6, 6.07) is 7.89. The Bertz CT molecular complexity index is 1070. The number of amides is 1. The van der Waals surface area contributed by atoms with Gasteiger partial charge in [-0.3, -0.25) is 4.79 Å². The molecule has 3 heterocycles. The fraction of sp³-hybridized carbons (Fsp3) is 0.476. The third-order valence-electron chi connectivity index (χ3n) is 6.22. The van der Waals surface area contributed by atoms with Crippen molar-refractivity contribution in [1.82, 2.24) is 15.4 Å². The second-order valence-corrected chi connectivity index (χ2v) is 8.93. The maximum absolute atomic E-state index is 14.2. The van der Waals surface area contributed by atoms with E-state index in [9.17, 15) is 23.1 Å². The molecule has 2 aromatic rings. The number of hydrogen-bond donors (Lipinski definition) is 2. The number of likely N-dealkylation sites (tertiary alicyclic amines) is 1. The second kappa shape index (κ2) is 9.01. The van der Waals surface area contributed by atoms with Crippen molar-refractivity contribution in [3.63, 3.8) is 0 Å². The van der Waals surface area contributed by atoms with E-state index in [0.717, 1.165) is 0 Å². The van der Waals surface area contributed by atoms with Crippen molar-refractivity contribution in [2.45, 2.75) is 50.2 Å². The Morgan fingerprint density at radius 1 is 1.35 bits per heavy atom. The van der Waals surface area contributed by atoms with Gasteiger partial charge in [0.15, 0.2) is 5.84 Å². The van der Waals surface area contributed by atoms with Crippen molar-refractivity contribution in [2.24, 2.45) is 11.1 Å². The molecule has 0 radical (unpaired) electrons. The molecule has 0 aliphatic carbocycles. The Labute approximate surface area is 196 Å². The number of nitrogens with zero attached hydrogens (tertiary/aromatic N) is 3. The van der Waals surface area contributed by atoms with Crippen LogP contribution < -0.4 is 10.9 Å². The van der Waals surface area contributed by atoms with Crippen molar-refractivity contribution in [1.29, 1.82) is 0 Å². The summed E-state index contributed by atoms with van der Waals surface area (Å²) >= 11 is 0. The van der Waals surface area contributed by atoms with Gasteiger partial charge in [-0.05, 0) is 12.0 Å². The summed E-state index contributed by atoms with van der Waals surface area (Å²) in [4.78, 5) is 19.9. The maximum Gasteiger partial charge on any atom is 0.456 e. The second-order valence-electron chi connectivity index (χ2n) is 8.93. The Morgan fingerprint density at radius 3 is 2.65 bits per heavy atom. The van der Waals surface area contributed by atoms with Crippen LogP contribution in [0.5, 0.6) is 0 Å². The molecule has 1 amide bonds. The lowest BCUT2D eigenvalue weighted by molar-refractivity contribution is -0.284. The third kappa shape index (κ3) is 4.17. The monoisotopic (exact) mass is 476 g/mol. The van der Waals surface area contributed by atoms with E-state index in [4.69, 9.17) is 9.36 Å². The Kier molecular flexibility index (Phi) is 6.41. The molecule has 0 saturated carbocycles. The lowest BCUT2D eigenvalue weighted by Gasteiger charge is -2.32. The van der Waals surface area contributed by atoms with Crippen molar-refractivity contribution in [3.8, 4) is 0 Å². The summed E-state index contributed by atoms with van der Waals surface area (Å²) in [5.74, 6) is -1.07. The molecule has 2 aliphatic heterocycles. The van der Waals surface area contributed by atoms with Crippen LogP contribution >= 0.6 is 0 Å². The number of hydrogen-bond acceptors (Lipinski definition) is 7. The summed E-state index contributed by atoms with van der Waals surface area (Å²) in [6.45, 7) is 3.64. The number of halogens is 3. The maximum atomic E-state index is 14.2. The zero-order valence-corrected chi connectivity index (χ0v) is 19.0. The van der Waals surface area contributed by atoms with Crippen LogP contribution in [0.2, 0.25) is 0 Å². The molecular weight excluding hydrogens is 451 g/mol. The minimum atomic E-state index is -4.84. The lowest BCUT2D eigenvalue weighted by Crippen LogP contribution is -2.57. The average molecular weight is 476 g/mol. The Hall–Kier alpha value is -2.95. The summed E-state index contributed by atoms with van der Waals surface area (Å²) in [6.07, 6.45) is -5.75. The molecule has 1 aromatic carbocycles. The largest absolute Gasteiger partial charge is 0.456 e.